The Hall–Kier alpha value is -0.610. The number of hydrogen-bond donors (Lipinski definition) is 3. The van der Waals surface area contributed by atoms with Gasteiger partial charge in [-0.05, 0) is 38.6 Å². The van der Waals surface area contributed by atoms with Crippen LogP contribution in [0.15, 0.2) is 0 Å². The zero-order valence-corrected chi connectivity index (χ0v) is 10.0. The van der Waals surface area contributed by atoms with Crippen molar-refractivity contribution in [3.63, 3.8) is 0 Å². The van der Waals surface area contributed by atoms with Crippen LogP contribution in [0.2, 0.25) is 0 Å². The molecule has 0 radical (unpaired) electrons. The number of aliphatic hydroxyl groups is 1. The highest BCUT2D eigenvalue weighted by Crippen LogP contribution is 2.31. The van der Waals surface area contributed by atoms with Gasteiger partial charge in [-0.3, -0.25) is 4.79 Å². The van der Waals surface area contributed by atoms with Crippen molar-refractivity contribution in [3.8, 4) is 0 Å². The third-order valence-electron chi connectivity index (χ3n) is 3.43. The van der Waals surface area contributed by atoms with Crippen molar-refractivity contribution < 1.29 is 15.0 Å². The molecule has 0 unspecified atom stereocenters. The molecule has 0 bridgehead atoms. The number of unbranched alkanes of at least 4 members (excludes halogenated alkanes) is 1. The molecule has 4 nitrogen and oxygen atoms in total. The smallest absolute Gasteiger partial charge is 0.306 e. The number of aliphatic carboxylic acids is 1. The molecule has 0 aliphatic heterocycles. The molecule has 3 N–H and O–H groups in total. The van der Waals surface area contributed by atoms with E-state index in [1.807, 2.05) is 0 Å². The molecule has 94 valence electrons. The van der Waals surface area contributed by atoms with Gasteiger partial charge in [-0.2, -0.15) is 0 Å². The summed E-state index contributed by atoms with van der Waals surface area (Å²) in [4.78, 5) is 10.8. The standard InChI is InChI=1S/C12H23NO3/c1-2-3-8-13-9-12(16)6-4-10(5-7-12)11(14)15/h10,13,16H,2-9H2,1H3,(H,14,15). The third-order valence-corrected chi connectivity index (χ3v) is 3.43. The fourth-order valence-electron chi connectivity index (χ4n) is 2.20. The molecule has 16 heavy (non-hydrogen) atoms. The van der Waals surface area contributed by atoms with Crippen molar-refractivity contribution >= 4 is 5.97 Å². The van der Waals surface area contributed by atoms with Gasteiger partial charge in [0.2, 0.25) is 0 Å². The summed E-state index contributed by atoms with van der Waals surface area (Å²) in [5, 5.41) is 22.3. The lowest BCUT2D eigenvalue weighted by atomic mass is 9.79. The van der Waals surface area contributed by atoms with Gasteiger partial charge in [-0.25, -0.2) is 0 Å². The third kappa shape index (κ3) is 4.10. The van der Waals surface area contributed by atoms with Crippen LogP contribution < -0.4 is 5.32 Å². The van der Waals surface area contributed by atoms with Crippen LogP contribution in [0.25, 0.3) is 0 Å². The van der Waals surface area contributed by atoms with Crippen LogP contribution in [-0.2, 0) is 4.79 Å². The van der Waals surface area contributed by atoms with E-state index in [-0.39, 0.29) is 5.92 Å². The Kier molecular flexibility index (Phi) is 5.22. The Balaban J connectivity index is 2.24. The van der Waals surface area contributed by atoms with E-state index in [0.29, 0.717) is 32.2 Å². The molecular weight excluding hydrogens is 206 g/mol. The molecule has 0 aromatic carbocycles. The summed E-state index contributed by atoms with van der Waals surface area (Å²) >= 11 is 0. The number of rotatable bonds is 6. The van der Waals surface area contributed by atoms with Crippen molar-refractivity contribution in [1.29, 1.82) is 0 Å². The van der Waals surface area contributed by atoms with Gasteiger partial charge in [-0.15, -0.1) is 0 Å². The summed E-state index contributed by atoms with van der Waals surface area (Å²) < 4.78 is 0. The molecule has 1 aliphatic rings. The first-order valence-corrected chi connectivity index (χ1v) is 6.23. The molecule has 0 heterocycles. The van der Waals surface area contributed by atoms with Crippen molar-refractivity contribution in [2.45, 2.75) is 51.0 Å². The molecule has 1 aliphatic carbocycles. The number of carboxylic acids is 1. The molecular formula is C12H23NO3. The van der Waals surface area contributed by atoms with Crippen LogP contribution in [0, 0.1) is 5.92 Å². The first-order valence-electron chi connectivity index (χ1n) is 6.23. The highest BCUT2D eigenvalue weighted by atomic mass is 16.4. The monoisotopic (exact) mass is 229 g/mol. The van der Waals surface area contributed by atoms with E-state index in [0.717, 1.165) is 19.4 Å². The van der Waals surface area contributed by atoms with E-state index in [1.165, 1.54) is 0 Å². The summed E-state index contributed by atoms with van der Waals surface area (Å²) in [6.45, 7) is 3.66. The van der Waals surface area contributed by atoms with Crippen LogP contribution in [0.5, 0.6) is 0 Å². The minimum absolute atomic E-state index is 0.254. The Bertz CT molecular complexity index is 222. The first-order chi connectivity index (χ1) is 7.57. The molecule has 0 amide bonds. The van der Waals surface area contributed by atoms with E-state index in [4.69, 9.17) is 5.11 Å². The molecule has 0 spiro atoms. The van der Waals surface area contributed by atoms with E-state index in [2.05, 4.69) is 12.2 Å². The van der Waals surface area contributed by atoms with E-state index in [1.54, 1.807) is 0 Å². The second-order valence-electron chi connectivity index (χ2n) is 4.87. The predicted octanol–water partition coefficient (Wildman–Crippen LogP) is 1.38. The van der Waals surface area contributed by atoms with E-state index in [9.17, 15) is 9.90 Å². The van der Waals surface area contributed by atoms with Crippen LogP contribution in [0.1, 0.15) is 45.4 Å². The molecule has 0 atom stereocenters. The zero-order chi connectivity index (χ0) is 12.0. The number of nitrogens with one attached hydrogen (secondary N) is 1. The zero-order valence-electron chi connectivity index (χ0n) is 10.0. The normalized spacial score (nSPS) is 30.2. The maximum Gasteiger partial charge on any atom is 0.306 e. The van der Waals surface area contributed by atoms with Crippen LogP contribution >= 0.6 is 0 Å². The molecule has 1 fully saturated rings. The van der Waals surface area contributed by atoms with Gasteiger partial charge in [0, 0.05) is 6.54 Å². The fraction of sp³-hybridized carbons (Fsp3) is 0.917. The maximum atomic E-state index is 10.8. The van der Waals surface area contributed by atoms with Gasteiger partial charge in [0.25, 0.3) is 0 Å². The highest BCUT2D eigenvalue weighted by Gasteiger charge is 2.35. The second-order valence-corrected chi connectivity index (χ2v) is 4.87. The Morgan fingerprint density at radius 2 is 2.06 bits per heavy atom. The molecule has 0 aromatic rings. The summed E-state index contributed by atoms with van der Waals surface area (Å²) in [6.07, 6.45) is 4.66. The molecule has 0 aromatic heterocycles. The average molecular weight is 229 g/mol. The molecule has 0 saturated heterocycles. The van der Waals surface area contributed by atoms with Gasteiger partial charge < -0.3 is 15.5 Å². The van der Waals surface area contributed by atoms with Crippen molar-refractivity contribution in [2.24, 2.45) is 5.92 Å². The number of carboxylic acid groups (broad SMARTS) is 1. The summed E-state index contributed by atoms with van der Waals surface area (Å²) in [6, 6.07) is 0. The van der Waals surface area contributed by atoms with Crippen molar-refractivity contribution in [3.05, 3.63) is 0 Å². The van der Waals surface area contributed by atoms with Crippen molar-refractivity contribution in [2.75, 3.05) is 13.1 Å². The maximum absolute atomic E-state index is 10.8. The molecule has 1 rings (SSSR count). The lowest BCUT2D eigenvalue weighted by Gasteiger charge is -2.34. The lowest BCUT2D eigenvalue weighted by Crippen LogP contribution is -2.44. The summed E-state index contributed by atoms with van der Waals surface area (Å²) in [7, 11) is 0. The lowest BCUT2D eigenvalue weighted by molar-refractivity contribution is -0.144. The average Bonchev–Trinajstić information content (AvgIpc) is 2.25. The SMILES string of the molecule is CCCCNCC1(O)CCC(C(=O)O)CC1. The van der Waals surface area contributed by atoms with Gasteiger partial charge in [0.15, 0.2) is 0 Å². The first kappa shape index (κ1) is 13.5. The van der Waals surface area contributed by atoms with Crippen LogP contribution in [0.3, 0.4) is 0 Å². The topological polar surface area (TPSA) is 69.6 Å². The quantitative estimate of drug-likeness (QED) is 0.602. The number of hydrogen-bond acceptors (Lipinski definition) is 3. The minimum atomic E-state index is -0.721. The van der Waals surface area contributed by atoms with E-state index >= 15 is 0 Å². The van der Waals surface area contributed by atoms with Crippen LogP contribution in [-0.4, -0.2) is 34.9 Å². The Labute approximate surface area is 97.0 Å². The second kappa shape index (κ2) is 6.21. The minimum Gasteiger partial charge on any atom is -0.481 e. The molecule has 1 saturated carbocycles. The van der Waals surface area contributed by atoms with Gasteiger partial charge in [0.05, 0.1) is 11.5 Å². The summed E-state index contributed by atoms with van der Waals surface area (Å²) in [5.74, 6) is -0.975. The largest absolute Gasteiger partial charge is 0.481 e. The van der Waals surface area contributed by atoms with E-state index < -0.39 is 11.6 Å². The Morgan fingerprint density at radius 3 is 2.56 bits per heavy atom. The molecule has 4 heteroatoms. The number of carbonyl (C=O) groups is 1. The summed E-state index contributed by atoms with van der Waals surface area (Å²) in [5.41, 5.74) is -0.681. The van der Waals surface area contributed by atoms with Crippen LogP contribution in [0.4, 0.5) is 0 Å². The Morgan fingerprint density at radius 1 is 1.44 bits per heavy atom. The fourth-order valence-corrected chi connectivity index (χ4v) is 2.20. The van der Waals surface area contributed by atoms with Gasteiger partial charge in [0.1, 0.15) is 0 Å². The van der Waals surface area contributed by atoms with Crippen molar-refractivity contribution in [1.82, 2.24) is 5.32 Å². The van der Waals surface area contributed by atoms with Gasteiger partial charge in [-0.1, -0.05) is 13.3 Å². The predicted molar refractivity (Wildman–Crippen MR) is 62.3 cm³/mol. The van der Waals surface area contributed by atoms with Gasteiger partial charge >= 0.3 is 5.97 Å². The highest BCUT2D eigenvalue weighted by molar-refractivity contribution is 5.70.